The van der Waals surface area contributed by atoms with Gasteiger partial charge in [0.15, 0.2) is 5.78 Å². The first-order chi connectivity index (χ1) is 14.0. The molecule has 0 bridgehead atoms. The third-order valence-electron chi connectivity index (χ3n) is 4.51. The average Bonchev–Trinajstić information content (AvgIpc) is 3.14. The molecular formula is C23H25N3O3. The number of ether oxygens (including phenoxy) is 1. The minimum Gasteiger partial charge on any atom is -0.494 e. The molecule has 3 rings (SSSR count). The van der Waals surface area contributed by atoms with E-state index in [9.17, 15) is 9.59 Å². The topological polar surface area (TPSA) is 73.2 Å². The fourth-order valence-corrected chi connectivity index (χ4v) is 2.85. The van der Waals surface area contributed by atoms with Gasteiger partial charge in [-0.25, -0.2) is 4.68 Å². The number of carbonyl (C=O) groups excluding carboxylic acids is 2. The molecule has 0 aliphatic carbocycles. The van der Waals surface area contributed by atoms with E-state index in [0.717, 1.165) is 5.56 Å². The standard InChI is InChI=1S/C23H25N3O3/c1-17-5-7-19(8-6-17)16-26-22(13-14-24-26)25-23(28)4-3-15-29-21-11-9-20(10-12-21)18(2)27/h5-14H,3-4,15-16H2,1-2H3,(H,25,28). The molecule has 6 nitrogen and oxygen atoms in total. The van der Waals surface area contributed by atoms with Gasteiger partial charge < -0.3 is 10.1 Å². The maximum Gasteiger partial charge on any atom is 0.225 e. The molecule has 0 spiro atoms. The highest BCUT2D eigenvalue weighted by Crippen LogP contribution is 2.14. The van der Waals surface area contributed by atoms with Gasteiger partial charge in [-0.05, 0) is 50.1 Å². The van der Waals surface area contributed by atoms with Crippen LogP contribution in [-0.2, 0) is 11.3 Å². The Bertz CT molecular complexity index is 960. The van der Waals surface area contributed by atoms with Crippen molar-refractivity contribution in [2.75, 3.05) is 11.9 Å². The van der Waals surface area contributed by atoms with Crippen molar-refractivity contribution in [1.82, 2.24) is 9.78 Å². The third kappa shape index (κ3) is 6.04. The van der Waals surface area contributed by atoms with E-state index in [1.165, 1.54) is 12.5 Å². The van der Waals surface area contributed by atoms with Crippen LogP contribution in [0.15, 0.2) is 60.8 Å². The van der Waals surface area contributed by atoms with E-state index in [0.29, 0.717) is 43.1 Å². The summed E-state index contributed by atoms with van der Waals surface area (Å²) in [6.07, 6.45) is 2.62. The summed E-state index contributed by atoms with van der Waals surface area (Å²) in [6.45, 7) is 4.60. The number of nitrogens with one attached hydrogen (secondary N) is 1. The number of aryl methyl sites for hydroxylation is 1. The van der Waals surface area contributed by atoms with Crippen LogP contribution in [0.5, 0.6) is 5.75 Å². The van der Waals surface area contributed by atoms with Gasteiger partial charge in [-0.15, -0.1) is 0 Å². The number of hydrogen-bond acceptors (Lipinski definition) is 4. The number of anilines is 1. The second-order valence-electron chi connectivity index (χ2n) is 6.94. The number of hydrogen-bond donors (Lipinski definition) is 1. The third-order valence-corrected chi connectivity index (χ3v) is 4.51. The van der Waals surface area contributed by atoms with Crippen molar-refractivity contribution in [2.45, 2.75) is 33.2 Å². The lowest BCUT2D eigenvalue weighted by Crippen LogP contribution is -2.16. The molecule has 29 heavy (non-hydrogen) atoms. The molecule has 1 N–H and O–H groups in total. The maximum absolute atomic E-state index is 12.2. The lowest BCUT2D eigenvalue weighted by atomic mass is 10.1. The number of amides is 1. The summed E-state index contributed by atoms with van der Waals surface area (Å²) in [4.78, 5) is 23.5. The number of Topliss-reactive ketones (excluding diaryl/α,β-unsaturated/α-hetero) is 1. The second kappa shape index (κ2) is 9.68. The van der Waals surface area contributed by atoms with E-state index in [2.05, 4.69) is 34.7 Å². The largest absolute Gasteiger partial charge is 0.494 e. The van der Waals surface area contributed by atoms with Crippen molar-refractivity contribution in [1.29, 1.82) is 0 Å². The molecule has 0 aliphatic heterocycles. The summed E-state index contributed by atoms with van der Waals surface area (Å²) < 4.78 is 7.40. The van der Waals surface area contributed by atoms with E-state index in [1.54, 1.807) is 41.2 Å². The first-order valence-corrected chi connectivity index (χ1v) is 9.62. The molecule has 0 atom stereocenters. The zero-order valence-electron chi connectivity index (χ0n) is 16.7. The van der Waals surface area contributed by atoms with Gasteiger partial charge >= 0.3 is 0 Å². The highest BCUT2D eigenvalue weighted by molar-refractivity contribution is 5.94. The Hall–Kier alpha value is -3.41. The Morgan fingerprint density at radius 3 is 2.45 bits per heavy atom. The van der Waals surface area contributed by atoms with Crippen molar-refractivity contribution < 1.29 is 14.3 Å². The predicted molar refractivity (Wildman–Crippen MR) is 112 cm³/mol. The van der Waals surface area contributed by atoms with Crippen LogP contribution < -0.4 is 10.1 Å². The minimum absolute atomic E-state index is 0.0230. The molecule has 6 heteroatoms. The van der Waals surface area contributed by atoms with Gasteiger partial charge in [0.25, 0.3) is 0 Å². The molecule has 0 radical (unpaired) electrons. The predicted octanol–water partition coefficient (Wildman–Crippen LogP) is 4.24. The molecule has 3 aromatic rings. The zero-order valence-corrected chi connectivity index (χ0v) is 16.7. The van der Waals surface area contributed by atoms with Gasteiger partial charge in [0.2, 0.25) is 5.91 Å². The molecule has 0 fully saturated rings. The van der Waals surface area contributed by atoms with Gasteiger partial charge in [0.1, 0.15) is 11.6 Å². The van der Waals surface area contributed by atoms with Crippen LogP contribution in [0.25, 0.3) is 0 Å². The highest BCUT2D eigenvalue weighted by Gasteiger charge is 2.08. The average molecular weight is 391 g/mol. The van der Waals surface area contributed by atoms with Crippen LogP contribution in [0.1, 0.15) is 41.3 Å². The van der Waals surface area contributed by atoms with Gasteiger partial charge in [-0.2, -0.15) is 5.10 Å². The Morgan fingerprint density at radius 2 is 1.76 bits per heavy atom. The molecule has 0 saturated carbocycles. The normalized spacial score (nSPS) is 10.6. The maximum atomic E-state index is 12.2. The van der Waals surface area contributed by atoms with E-state index < -0.39 is 0 Å². The number of benzene rings is 2. The monoisotopic (exact) mass is 391 g/mol. The van der Waals surface area contributed by atoms with Gasteiger partial charge in [-0.1, -0.05) is 29.8 Å². The summed E-state index contributed by atoms with van der Waals surface area (Å²) in [5.41, 5.74) is 2.98. The van der Waals surface area contributed by atoms with Crippen LogP contribution in [0.2, 0.25) is 0 Å². The zero-order chi connectivity index (χ0) is 20.6. The van der Waals surface area contributed by atoms with Crippen molar-refractivity contribution in [2.24, 2.45) is 0 Å². The van der Waals surface area contributed by atoms with Crippen molar-refractivity contribution in [3.63, 3.8) is 0 Å². The molecule has 150 valence electrons. The number of aromatic nitrogens is 2. The Balaban J connectivity index is 1.43. The highest BCUT2D eigenvalue weighted by atomic mass is 16.5. The second-order valence-corrected chi connectivity index (χ2v) is 6.94. The van der Waals surface area contributed by atoms with Crippen molar-refractivity contribution >= 4 is 17.5 Å². The van der Waals surface area contributed by atoms with Gasteiger partial charge in [-0.3, -0.25) is 9.59 Å². The lowest BCUT2D eigenvalue weighted by molar-refractivity contribution is -0.116. The molecule has 0 saturated heterocycles. The van der Waals surface area contributed by atoms with Gasteiger partial charge in [0.05, 0.1) is 19.3 Å². The number of nitrogens with zero attached hydrogens (tertiary/aromatic N) is 2. The molecule has 0 aliphatic rings. The van der Waals surface area contributed by atoms with Crippen molar-refractivity contribution in [3.8, 4) is 5.75 Å². The van der Waals surface area contributed by atoms with E-state index in [-0.39, 0.29) is 11.7 Å². The Morgan fingerprint density at radius 1 is 1.03 bits per heavy atom. The first-order valence-electron chi connectivity index (χ1n) is 9.62. The summed E-state index contributed by atoms with van der Waals surface area (Å²) in [5, 5.41) is 7.21. The van der Waals surface area contributed by atoms with E-state index in [4.69, 9.17) is 4.74 Å². The molecule has 0 unspecified atom stereocenters. The fourth-order valence-electron chi connectivity index (χ4n) is 2.85. The summed E-state index contributed by atoms with van der Waals surface area (Å²) in [6, 6.07) is 17.0. The fraction of sp³-hybridized carbons (Fsp3) is 0.261. The van der Waals surface area contributed by atoms with Crippen LogP contribution in [0, 0.1) is 6.92 Å². The van der Waals surface area contributed by atoms with Crippen LogP contribution >= 0.6 is 0 Å². The van der Waals surface area contributed by atoms with E-state index in [1.807, 2.05) is 6.92 Å². The smallest absolute Gasteiger partial charge is 0.225 e. The van der Waals surface area contributed by atoms with Gasteiger partial charge in [0, 0.05) is 18.1 Å². The van der Waals surface area contributed by atoms with E-state index >= 15 is 0 Å². The molecule has 1 amide bonds. The van der Waals surface area contributed by atoms with Crippen molar-refractivity contribution in [3.05, 3.63) is 77.5 Å². The molecule has 2 aromatic carbocycles. The lowest BCUT2D eigenvalue weighted by Gasteiger charge is -2.10. The number of rotatable bonds is 9. The molecule has 1 heterocycles. The van der Waals surface area contributed by atoms with Crippen LogP contribution in [-0.4, -0.2) is 28.1 Å². The molecule has 1 aromatic heterocycles. The quantitative estimate of drug-likeness (QED) is 0.437. The summed E-state index contributed by atoms with van der Waals surface area (Å²) in [7, 11) is 0. The Labute approximate surface area is 170 Å². The Kier molecular flexibility index (Phi) is 6.79. The number of ketones is 1. The summed E-state index contributed by atoms with van der Waals surface area (Å²) in [5.74, 6) is 1.31. The van der Waals surface area contributed by atoms with Crippen LogP contribution in [0.4, 0.5) is 5.82 Å². The van der Waals surface area contributed by atoms with Crippen LogP contribution in [0.3, 0.4) is 0 Å². The molecular weight excluding hydrogens is 366 g/mol. The SMILES string of the molecule is CC(=O)c1ccc(OCCCC(=O)Nc2ccnn2Cc2ccc(C)cc2)cc1. The number of carbonyl (C=O) groups is 2. The minimum atomic E-state index is -0.0776. The summed E-state index contributed by atoms with van der Waals surface area (Å²) >= 11 is 0. The first kappa shape index (κ1) is 20.3.